The standard InChI is InChI=1S/C14H20N4/c1-3-7-18-14(16-10-17-18)9-13(15)12-6-4-5-11(2)8-12/h4-6,8,10,13H,3,7,9,15H2,1-2H3. The van der Waals surface area contributed by atoms with E-state index in [1.165, 1.54) is 5.56 Å². The van der Waals surface area contributed by atoms with Crippen LogP contribution >= 0.6 is 0 Å². The molecule has 0 radical (unpaired) electrons. The molecular weight excluding hydrogens is 224 g/mol. The van der Waals surface area contributed by atoms with Gasteiger partial charge in [0.15, 0.2) is 0 Å². The van der Waals surface area contributed by atoms with Crippen molar-refractivity contribution in [1.82, 2.24) is 14.8 Å². The lowest BCUT2D eigenvalue weighted by atomic mass is 10.0. The van der Waals surface area contributed by atoms with Crippen molar-refractivity contribution in [3.05, 3.63) is 47.5 Å². The fourth-order valence-corrected chi connectivity index (χ4v) is 2.06. The molecule has 0 fully saturated rings. The Morgan fingerprint density at radius 2 is 2.22 bits per heavy atom. The van der Waals surface area contributed by atoms with Gasteiger partial charge in [-0.1, -0.05) is 36.8 Å². The number of aryl methyl sites for hydroxylation is 2. The van der Waals surface area contributed by atoms with Crippen molar-refractivity contribution in [3.63, 3.8) is 0 Å². The Balaban J connectivity index is 2.11. The maximum atomic E-state index is 6.24. The Bertz CT molecular complexity index is 504. The highest BCUT2D eigenvalue weighted by Crippen LogP contribution is 2.16. The molecule has 0 spiro atoms. The maximum Gasteiger partial charge on any atom is 0.138 e. The van der Waals surface area contributed by atoms with Gasteiger partial charge in [0.1, 0.15) is 12.2 Å². The summed E-state index contributed by atoms with van der Waals surface area (Å²) in [6.45, 7) is 5.11. The normalized spacial score (nSPS) is 12.6. The number of nitrogens with two attached hydrogens (primary N) is 1. The predicted octanol–water partition coefficient (Wildman–Crippen LogP) is 2.24. The lowest BCUT2D eigenvalue weighted by Gasteiger charge is -2.13. The largest absolute Gasteiger partial charge is 0.324 e. The van der Waals surface area contributed by atoms with E-state index < -0.39 is 0 Å². The first kappa shape index (κ1) is 12.8. The molecule has 2 N–H and O–H groups in total. The molecule has 2 rings (SSSR count). The third kappa shape index (κ3) is 2.96. The van der Waals surface area contributed by atoms with E-state index in [2.05, 4.69) is 42.1 Å². The zero-order valence-electron chi connectivity index (χ0n) is 11.0. The van der Waals surface area contributed by atoms with Gasteiger partial charge in [-0.2, -0.15) is 5.10 Å². The molecule has 1 heterocycles. The van der Waals surface area contributed by atoms with Gasteiger partial charge < -0.3 is 5.73 Å². The van der Waals surface area contributed by atoms with Gasteiger partial charge >= 0.3 is 0 Å². The van der Waals surface area contributed by atoms with E-state index in [9.17, 15) is 0 Å². The molecule has 18 heavy (non-hydrogen) atoms. The number of aromatic nitrogens is 3. The second-order valence-electron chi connectivity index (χ2n) is 4.62. The monoisotopic (exact) mass is 244 g/mol. The molecule has 4 nitrogen and oxygen atoms in total. The van der Waals surface area contributed by atoms with Crippen molar-refractivity contribution in [2.45, 2.75) is 39.3 Å². The molecule has 1 atom stereocenters. The lowest BCUT2D eigenvalue weighted by Crippen LogP contribution is -2.17. The topological polar surface area (TPSA) is 56.7 Å². The van der Waals surface area contributed by atoms with E-state index in [4.69, 9.17) is 5.73 Å². The summed E-state index contributed by atoms with van der Waals surface area (Å²) < 4.78 is 1.94. The van der Waals surface area contributed by atoms with Gasteiger partial charge in [-0.05, 0) is 18.9 Å². The molecule has 1 aromatic carbocycles. The summed E-state index contributed by atoms with van der Waals surface area (Å²) in [5.41, 5.74) is 8.63. The number of rotatable bonds is 5. The molecule has 0 aliphatic rings. The molecule has 0 aliphatic carbocycles. The van der Waals surface area contributed by atoms with Crippen LogP contribution in [0.2, 0.25) is 0 Å². The van der Waals surface area contributed by atoms with Gasteiger partial charge in [0.05, 0.1) is 0 Å². The zero-order chi connectivity index (χ0) is 13.0. The SMILES string of the molecule is CCCn1ncnc1CC(N)c1cccc(C)c1. The highest BCUT2D eigenvalue weighted by molar-refractivity contribution is 5.25. The third-order valence-corrected chi connectivity index (χ3v) is 3.00. The van der Waals surface area contributed by atoms with E-state index in [1.807, 2.05) is 10.7 Å². The quantitative estimate of drug-likeness (QED) is 0.877. The van der Waals surface area contributed by atoms with Crippen LogP contribution in [0.5, 0.6) is 0 Å². The van der Waals surface area contributed by atoms with Crippen molar-refractivity contribution in [2.24, 2.45) is 5.73 Å². The van der Waals surface area contributed by atoms with Crippen LogP contribution in [0.4, 0.5) is 0 Å². The minimum absolute atomic E-state index is 0.0234. The Kier molecular flexibility index (Phi) is 4.10. The average Bonchev–Trinajstić information content (AvgIpc) is 2.77. The fraction of sp³-hybridized carbons (Fsp3) is 0.429. The van der Waals surface area contributed by atoms with Crippen molar-refractivity contribution >= 4 is 0 Å². The van der Waals surface area contributed by atoms with Gasteiger partial charge in [-0.15, -0.1) is 0 Å². The minimum atomic E-state index is -0.0234. The van der Waals surface area contributed by atoms with Crippen LogP contribution in [0.15, 0.2) is 30.6 Å². The number of nitrogens with zero attached hydrogens (tertiary/aromatic N) is 3. The average molecular weight is 244 g/mol. The van der Waals surface area contributed by atoms with Gasteiger partial charge in [-0.25, -0.2) is 4.98 Å². The number of hydrogen-bond donors (Lipinski definition) is 1. The Morgan fingerprint density at radius 3 is 2.94 bits per heavy atom. The third-order valence-electron chi connectivity index (χ3n) is 3.00. The molecule has 1 aromatic heterocycles. The van der Waals surface area contributed by atoms with E-state index >= 15 is 0 Å². The predicted molar refractivity (Wildman–Crippen MR) is 72.1 cm³/mol. The molecule has 2 aromatic rings. The second-order valence-corrected chi connectivity index (χ2v) is 4.62. The molecule has 0 saturated carbocycles. The summed E-state index contributed by atoms with van der Waals surface area (Å²) in [5, 5.41) is 4.22. The van der Waals surface area contributed by atoms with Crippen LogP contribution in [0.1, 0.15) is 36.3 Å². The first-order valence-corrected chi connectivity index (χ1v) is 6.39. The van der Waals surface area contributed by atoms with Crippen LogP contribution < -0.4 is 5.73 Å². The van der Waals surface area contributed by atoms with Gasteiger partial charge in [0.2, 0.25) is 0 Å². The lowest BCUT2D eigenvalue weighted by molar-refractivity contribution is 0.548. The van der Waals surface area contributed by atoms with Crippen LogP contribution in [0.3, 0.4) is 0 Å². The number of hydrogen-bond acceptors (Lipinski definition) is 3. The second kappa shape index (κ2) is 5.78. The Labute approximate surface area is 108 Å². The summed E-state index contributed by atoms with van der Waals surface area (Å²) in [4.78, 5) is 4.29. The molecule has 0 saturated heterocycles. The molecule has 1 unspecified atom stereocenters. The fourth-order valence-electron chi connectivity index (χ4n) is 2.06. The van der Waals surface area contributed by atoms with Gasteiger partial charge in [0.25, 0.3) is 0 Å². The van der Waals surface area contributed by atoms with Crippen molar-refractivity contribution in [3.8, 4) is 0 Å². The molecule has 0 amide bonds. The maximum absolute atomic E-state index is 6.24. The first-order chi connectivity index (χ1) is 8.70. The molecule has 96 valence electrons. The first-order valence-electron chi connectivity index (χ1n) is 6.39. The van der Waals surface area contributed by atoms with Crippen molar-refractivity contribution < 1.29 is 0 Å². The van der Waals surface area contributed by atoms with E-state index in [1.54, 1.807) is 6.33 Å². The minimum Gasteiger partial charge on any atom is -0.324 e. The molecule has 4 heteroatoms. The summed E-state index contributed by atoms with van der Waals surface area (Å²) in [6, 6.07) is 8.30. The highest BCUT2D eigenvalue weighted by atomic mass is 15.3. The van der Waals surface area contributed by atoms with Crippen LogP contribution in [-0.2, 0) is 13.0 Å². The molecule has 0 bridgehead atoms. The summed E-state index contributed by atoms with van der Waals surface area (Å²) in [6.07, 6.45) is 3.38. The Hall–Kier alpha value is -1.68. The van der Waals surface area contributed by atoms with Gasteiger partial charge in [0, 0.05) is 19.0 Å². The van der Waals surface area contributed by atoms with Crippen molar-refractivity contribution in [1.29, 1.82) is 0 Å². The van der Waals surface area contributed by atoms with Gasteiger partial charge in [-0.3, -0.25) is 4.68 Å². The van der Waals surface area contributed by atoms with Crippen LogP contribution in [-0.4, -0.2) is 14.8 Å². The summed E-state index contributed by atoms with van der Waals surface area (Å²) in [5.74, 6) is 0.964. The van der Waals surface area contributed by atoms with E-state index in [-0.39, 0.29) is 6.04 Å². The zero-order valence-corrected chi connectivity index (χ0v) is 11.0. The van der Waals surface area contributed by atoms with Crippen molar-refractivity contribution in [2.75, 3.05) is 0 Å². The Morgan fingerprint density at radius 1 is 1.39 bits per heavy atom. The molecular formula is C14H20N4. The summed E-state index contributed by atoms with van der Waals surface area (Å²) >= 11 is 0. The smallest absolute Gasteiger partial charge is 0.138 e. The van der Waals surface area contributed by atoms with E-state index in [0.29, 0.717) is 0 Å². The van der Waals surface area contributed by atoms with Crippen LogP contribution in [0.25, 0.3) is 0 Å². The molecule has 0 aliphatic heterocycles. The highest BCUT2D eigenvalue weighted by Gasteiger charge is 2.11. The summed E-state index contributed by atoms with van der Waals surface area (Å²) in [7, 11) is 0. The van der Waals surface area contributed by atoms with E-state index in [0.717, 1.165) is 30.8 Å². The number of benzene rings is 1. The van der Waals surface area contributed by atoms with Crippen LogP contribution in [0, 0.1) is 6.92 Å².